The van der Waals surface area contributed by atoms with E-state index in [1.807, 2.05) is 0 Å². The van der Waals surface area contributed by atoms with Crippen LogP contribution < -0.4 is 10.6 Å². The largest absolute Gasteiger partial charge is 0.351 e. The smallest absolute Gasteiger partial charge is 0.187 e. The first-order chi connectivity index (χ1) is 16.7. The lowest BCUT2D eigenvalue weighted by molar-refractivity contribution is 0.465. The molecule has 0 amide bonds. The van der Waals surface area contributed by atoms with Gasteiger partial charge >= 0.3 is 0 Å². The van der Waals surface area contributed by atoms with Crippen LogP contribution in [0, 0.1) is 46.2 Å². The molecule has 0 aliphatic rings. The molecule has 0 unspecified atom stereocenters. The lowest BCUT2D eigenvalue weighted by Crippen LogP contribution is -2.16. The molecule has 0 fully saturated rings. The number of hydrogen-bond donors (Lipinski definition) is 2. The van der Waals surface area contributed by atoms with Gasteiger partial charge in [0.15, 0.2) is 23.3 Å². The van der Waals surface area contributed by atoms with Crippen LogP contribution in [0.15, 0.2) is 48.5 Å². The lowest BCUT2D eigenvalue weighted by Gasteiger charge is -2.15. The van der Waals surface area contributed by atoms with Crippen molar-refractivity contribution >= 4 is 38.9 Å². The molecule has 0 heterocycles. The van der Waals surface area contributed by atoms with E-state index in [4.69, 9.17) is 0 Å². The Morgan fingerprint density at radius 3 is 1.03 bits per heavy atom. The monoisotopic (exact) mass is 524 g/mol. The standard InChI is InChI=1S/C28H28F4N2Si2/c1-35(2,3)17-15-19-7-11-21(12-8-19)33-27-23(29)25(31)28(26(32)24(27)30)34-22-13-9-20(10-14-22)16-18-36(4,5)6/h7-14,33-34H,1-6H3. The summed E-state index contributed by atoms with van der Waals surface area (Å²) in [4.78, 5) is 0. The van der Waals surface area contributed by atoms with E-state index in [0.29, 0.717) is 0 Å². The minimum absolute atomic E-state index is 0.265. The summed E-state index contributed by atoms with van der Waals surface area (Å²) in [5.74, 6) is 0.00846. The first kappa shape index (κ1) is 27.1. The predicted molar refractivity (Wildman–Crippen MR) is 146 cm³/mol. The van der Waals surface area contributed by atoms with Gasteiger partial charge in [0.1, 0.15) is 27.5 Å². The predicted octanol–water partition coefficient (Wildman–Crippen LogP) is 8.19. The van der Waals surface area contributed by atoms with Gasteiger partial charge in [-0.1, -0.05) is 51.1 Å². The second kappa shape index (κ2) is 10.7. The Balaban J connectivity index is 1.84. The quantitative estimate of drug-likeness (QED) is 0.156. The molecular formula is C28H28F4N2Si2. The molecule has 186 valence electrons. The van der Waals surface area contributed by atoms with Crippen molar-refractivity contribution < 1.29 is 17.6 Å². The molecule has 3 aromatic carbocycles. The zero-order chi connectivity index (χ0) is 26.7. The number of hydrogen-bond acceptors (Lipinski definition) is 2. The Morgan fingerprint density at radius 1 is 0.500 bits per heavy atom. The lowest BCUT2D eigenvalue weighted by atomic mass is 10.1. The van der Waals surface area contributed by atoms with Crippen LogP contribution >= 0.6 is 0 Å². The molecule has 0 saturated heterocycles. The van der Waals surface area contributed by atoms with Crippen molar-refractivity contribution in [3.05, 3.63) is 82.9 Å². The van der Waals surface area contributed by atoms with Gasteiger partial charge in [0, 0.05) is 22.5 Å². The summed E-state index contributed by atoms with van der Waals surface area (Å²) in [5, 5.41) is 4.87. The van der Waals surface area contributed by atoms with Crippen molar-refractivity contribution in [1.82, 2.24) is 0 Å². The maximum absolute atomic E-state index is 14.8. The van der Waals surface area contributed by atoms with Gasteiger partial charge in [-0.05, 0) is 48.5 Å². The van der Waals surface area contributed by atoms with E-state index in [1.54, 1.807) is 48.5 Å². The Bertz CT molecular complexity index is 1240. The molecule has 36 heavy (non-hydrogen) atoms. The molecule has 2 nitrogen and oxygen atoms in total. The fraction of sp³-hybridized carbons (Fsp3) is 0.214. The van der Waals surface area contributed by atoms with E-state index < -0.39 is 50.8 Å². The van der Waals surface area contributed by atoms with E-state index in [9.17, 15) is 17.6 Å². The van der Waals surface area contributed by atoms with E-state index in [1.165, 1.54) is 0 Å². The Labute approximate surface area is 212 Å². The third-order valence-electron chi connectivity index (χ3n) is 4.74. The van der Waals surface area contributed by atoms with Crippen molar-refractivity contribution in [3.8, 4) is 22.9 Å². The van der Waals surface area contributed by atoms with E-state index in [2.05, 4.69) is 72.8 Å². The molecule has 8 heteroatoms. The van der Waals surface area contributed by atoms with Gasteiger partial charge in [-0.25, -0.2) is 17.6 Å². The molecule has 0 atom stereocenters. The molecule has 0 aromatic heterocycles. The first-order valence-corrected chi connectivity index (χ1v) is 18.4. The fourth-order valence-corrected chi connectivity index (χ4v) is 3.97. The van der Waals surface area contributed by atoms with Crippen LogP contribution in [0.5, 0.6) is 0 Å². The van der Waals surface area contributed by atoms with E-state index in [-0.39, 0.29) is 11.4 Å². The molecule has 3 aromatic rings. The fourth-order valence-electron chi connectivity index (χ4n) is 2.93. The molecule has 3 rings (SSSR count). The second-order valence-electron chi connectivity index (χ2n) is 10.4. The van der Waals surface area contributed by atoms with Crippen LogP contribution in [0.3, 0.4) is 0 Å². The summed E-state index contributed by atoms with van der Waals surface area (Å²) in [7, 11) is -3.12. The van der Waals surface area contributed by atoms with Gasteiger partial charge in [-0.15, -0.1) is 11.1 Å². The third-order valence-corrected chi connectivity index (χ3v) is 6.49. The minimum atomic E-state index is -1.56. The van der Waals surface area contributed by atoms with Crippen molar-refractivity contribution in [3.63, 3.8) is 0 Å². The molecule has 0 aliphatic carbocycles. The van der Waals surface area contributed by atoms with Gasteiger partial charge in [0.05, 0.1) is 0 Å². The zero-order valence-electron chi connectivity index (χ0n) is 21.1. The number of rotatable bonds is 4. The number of nitrogens with one attached hydrogen (secondary N) is 2. The molecule has 2 N–H and O–H groups in total. The highest BCUT2D eigenvalue weighted by molar-refractivity contribution is 6.84. The Hall–Kier alpha value is -3.47. The van der Waals surface area contributed by atoms with Crippen LogP contribution in [-0.4, -0.2) is 16.1 Å². The summed E-state index contributed by atoms with van der Waals surface area (Å²) < 4.78 is 59.1. The topological polar surface area (TPSA) is 24.1 Å². The number of halogens is 4. The maximum atomic E-state index is 14.8. The molecule has 0 spiro atoms. The summed E-state index contributed by atoms with van der Waals surface area (Å²) >= 11 is 0. The molecular weight excluding hydrogens is 496 g/mol. The summed E-state index contributed by atoms with van der Waals surface area (Å²) in [5.41, 5.74) is 6.62. The molecule has 0 radical (unpaired) electrons. The zero-order valence-corrected chi connectivity index (χ0v) is 23.1. The van der Waals surface area contributed by atoms with E-state index >= 15 is 0 Å². The van der Waals surface area contributed by atoms with Crippen LogP contribution in [-0.2, 0) is 0 Å². The minimum Gasteiger partial charge on any atom is -0.351 e. The summed E-state index contributed by atoms with van der Waals surface area (Å²) in [6.45, 7) is 12.7. The van der Waals surface area contributed by atoms with Crippen LogP contribution in [0.1, 0.15) is 11.1 Å². The Kier molecular flexibility index (Phi) is 8.03. The van der Waals surface area contributed by atoms with Crippen molar-refractivity contribution in [2.45, 2.75) is 39.3 Å². The van der Waals surface area contributed by atoms with Crippen molar-refractivity contribution in [2.75, 3.05) is 10.6 Å². The van der Waals surface area contributed by atoms with Gasteiger partial charge in [-0.2, -0.15) is 0 Å². The molecule has 0 aliphatic heterocycles. The van der Waals surface area contributed by atoms with Crippen molar-refractivity contribution in [1.29, 1.82) is 0 Å². The number of benzene rings is 3. The van der Waals surface area contributed by atoms with Gasteiger partial charge in [0.2, 0.25) is 0 Å². The average Bonchev–Trinajstić information content (AvgIpc) is 2.81. The van der Waals surface area contributed by atoms with Crippen LogP contribution in [0.2, 0.25) is 39.3 Å². The van der Waals surface area contributed by atoms with Crippen molar-refractivity contribution in [2.24, 2.45) is 0 Å². The Morgan fingerprint density at radius 2 is 0.778 bits per heavy atom. The average molecular weight is 525 g/mol. The first-order valence-electron chi connectivity index (χ1n) is 11.4. The number of anilines is 4. The maximum Gasteiger partial charge on any atom is 0.187 e. The highest BCUT2D eigenvalue weighted by Gasteiger charge is 2.26. The van der Waals surface area contributed by atoms with Crippen LogP contribution in [0.25, 0.3) is 0 Å². The van der Waals surface area contributed by atoms with Gasteiger partial charge in [0.25, 0.3) is 0 Å². The van der Waals surface area contributed by atoms with Gasteiger partial charge < -0.3 is 10.6 Å². The highest BCUT2D eigenvalue weighted by atomic mass is 28.3. The van der Waals surface area contributed by atoms with E-state index in [0.717, 1.165) is 11.1 Å². The SMILES string of the molecule is C[Si](C)(C)C#Cc1ccc(Nc2c(F)c(F)c(Nc3ccc(C#C[Si](C)(C)C)cc3)c(F)c2F)cc1. The highest BCUT2D eigenvalue weighted by Crippen LogP contribution is 2.34. The second-order valence-corrected chi connectivity index (χ2v) is 19.9. The summed E-state index contributed by atoms with van der Waals surface area (Å²) in [6.07, 6.45) is 0. The van der Waals surface area contributed by atoms with Gasteiger partial charge in [-0.3, -0.25) is 0 Å². The third kappa shape index (κ3) is 7.27. The normalized spacial score (nSPS) is 11.2. The molecule has 0 saturated carbocycles. The summed E-state index contributed by atoms with van der Waals surface area (Å²) in [6, 6.07) is 12.9. The van der Waals surface area contributed by atoms with Crippen LogP contribution in [0.4, 0.5) is 40.3 Å². The molecule has 0 bridgehead atoms.